The first-order chi connectivity index (χ1) is 21.5. The van der Waals surface area contributed by atoms with Crippen molar-refractivity contribution in [2.45, 2.75) is 23.5 Å². The van der Waals surface area contributed by atoms with Gasteiger partial charge < -0.3 is 15.1 Å². The van der Waals surface area contributed by atoms with Gasteiger partial charge in [-0.1, -0.05) is 67.6 Å². The Hall–Kier alpha value is -5.34. The Morgan fingerprint density at radius 2 is 1.43 bits per heavy atom. The first-order valence-corrected chi connectivity index (χ1v) is 15.0. The van der Waals surface area contributed by atoms with Crippen LogP contribution in [0.15, 0.2) is 149 Å². The SMILES string of the molecule is CCC(Sc1cccc(NC(=O)/C(=C\c2ccco2)NC(=O)c2ccccc2)c1)C(=O)N(c1ccccc1)c1ccccc1. The number of carbonyl (C=O) groups excluding carboxylic acids is 3. The highest BCUT2D eigenvalue weighted by molar-refractivity contribution is 8.00. The largest absolute Gasteiger partial charge is 0.465 e. The number of hydrogen-bond acceptors (Lipinski definition) is 5. The second-order valence-electron chi connectivity index (χ2n) is 9.74. The van der Waals surface area contributed by atoms with Crippen molar-refractivity contribution in [1.82, 2.24) is 5.32 Å². The van der Waals surface area contributed by atoms with Crippen molar-refractivity contribution in [2.24, 2.45) is 0 Å². The molecule has 44 heavy (non-hydrogen) atoms. The molecule has 1 heterocycles. The predicted molar refractivity (Wildman–Crippen MR) is 176 cm³/mol. The van der Waals surface area contributed by atoms with E-state index in [2.05, 4.69) is 10.6 Å². The fourth-order valence-corrected chi connectivity index (χ4v) is 5.53. The number of para-hydroxylation sites is 2. The predicted octanol–water partition coefficient (Wildman–Crippen LogP) is 7.92. The molecule has 1 unspecified atom stereocenters. The summed E-state index contributed by atoms with van der Waals surface area (Å²) in [7, 11) is 0. The quantitative estimate of drug-likeness (QED) is 0.119. The van der Waals surface area contributed by atoms with Crippen LogP contribution in [0.3, 0.4) is 0 Å². The lowest BCUT2D eigenvalue weighted by molar-refractivity contribution is -0.117. The molecule has 0 radical (unpaired) electrons. The Labute approximate surface area is 260 Å². The van der Waals surface area contributed by atoms with E-state index in [0.717, 1.165) is 16.3 Å². The van der Waals surface area contributed by atoms with Gasteiger partial charge in [0.05, 0.1) is 11.5 Å². The highest BCUT2D eigenvalue weighted by Gasteiger charge is 2.27. The van der Waals surface area contributed by atoms with Crippen LogP contribution in [0.25, 0.3) is 6.08 Å². The molecule has 5 aromatic rings. The van der Waals surface area contributed by atoms with Crippen molar-refractivity contribution >= 4 is 52.6 Å². The summed E-state index contributed by atoms with van der Waals surface area (Å²) in [6, 6.07) is 38.5. The van der Waals surface area contributed by atoms with Gasteiger partial charge in [0, 0.05) is 33.6 Å². The van der Waals surface area contributed by atoms with Gasteiger partial charge in [-0.3, -0.25) is 19.3 Å². The Morgan fingerprint density at radius 1 is 0.795 bits per heavy atom. The van der Waals surface area contributed by atoms with E-state index in [9.17, 15) is 14.4 Å². The Morgan fingerprint density at radius 3 is 2.02 bits per heavy atom. The second-order valence-corrected chi connectivity index (χ2v) is 11.0. The van der Waals surface area contributed by atoms with Crippen molar-refractivity contribution in [3.8, 4) is 0 Å². The van der Waals surface area contributed by atoms with Crippen LogP contribution in [0.1, 0.15) is 29.5 Å². The molecule has 0 saturated carbocycles. The normalized spacial score (nSPS) is 11.8. The van der Waals surface area contributed by atoms with Crippen LogP contribution in [0.2, 0.25) is 0 Å². The van der Waals surface area contributed by atoms with Gasteiger partial charge in [0.1, 0.15) is 11.5 Å². The number of amides is 3. The maximum Gasteiger partial charge on any atom is 0.272 e. The van der Waals surface area contributed by atoms with Crippen LogP contribution in [0, 0.1) is 0 Å². The summed E-state index contributed by atoms with van der Waals surface area (Å²) < 4.78 is 5.39. The molecule has 0 aliphatic carbocycles. The van der Waals surface area contributed by atoms with E-state index in [-0.39, 0.29) is 16.9 Å². The molecule has 220 valence electrons. The number of hydrogen-bond donors (Lipinski definition) is 2. The summed E-state index contributed by atoms with van der Waals surface area (Å²) in [5.41, 5.74) is 2.54. The molecule has 1 atom stereocenters. The molecule has 0 aliphatic rings. The van der Waals surface area contributed by atoms with E-state index in [0.29, 0.717) is 23.4 Å². The summed E-state index contributed by atoms with van der Waals surface area (Å²) in [4.78, 5) is 42.8. The molecule has 5 rings (SSSR count). The van der Waals surface area contributed by atoms with E-state index in [1.165, 1.54) is 24.1 Å². The summed E-state index contributed by atoms with van der Waals surface area (Å²) in [5, 5.41) is 5.19. The number of thioether (sulfide) groups is 1. The average molecular weight is 602 g/mol. The number of rotatable bonds is 11. The van der Waals surface area contributed by atoms with Gasteiger partial charge in [-0.05, 0) is 73.2 Å². The fourth-order valence-electron chi connectivity index (χ4n) is 4.48. The summed E-state index contributed by atoms with van der Waals surface area (Å²) >= 11 is 1.43. The number of anilines is 3. The molecular formula is C36H31N3O4S. The lowest BCUT2D eigenvalue weighted by Gasteiger charge is -2.27. The van der Waals surface area contributed by atoms with Crippen molar-refractivity contribution in [3.63, 3.8) is 0 Å². The molecule has 4 aromatic carbocycles. The second kappa shape index (κ2) is 14.7. The first kappa shape index (κ1) is 30.1. The monoisotopic (exact) mass is 601 g/mol. The van der Waals surface area contributed by atoms with Crippen LogP contribution in [0.5, 0.6) is 0 Å². The zero-order valence-corrected chi connectivity index (χ0v) is 24.9. The Kier molecular flexibility index (Phi) is 10.1. The zero-order chi connectivity index (χ0) is 30.7. The van der Waals surface area contributed by atoms with Crippen molar-refractivity contribution in [1.29, 1.82) is 0 Å². The lowest BCUT2D eigenvalue weighted by Crippen LogP contribution is -2.34. The minimum absolute atomic E-state index is 0.0230. The van der Waals surface area contributed by atoms with Crippen LogP contribution in [0.4, 0.5) is 17.1 Å². The highest BCUT2D eigenvalue weighted by Crippen LogP contribution is 2.33. The van der Waals surface area contributed by atoms with Gasteiger partial charge in [-0.2, -0.15) is 0 Å². The number of carbonyl (C=O) groups is 3. The van der Waals surface area contributed by atoms with Crippen LogP contribution < -0.4 is 15.5 Å². The van der Waals surface area contributed by atoms with E-state index in [1.54, 1.807) is 47.4 Å². The Bertz CT molecular complexity index is 1680. The van der Waals surface area contributed by atoms with Gasteiger partial charge >= 0.3 is 0 Å². The molecule has 0 spiro atoms. The molecular weight excluding hydrogens is 570 g/mol. The number of furan rings is 1. The molecule has 0 aliphatic heterocycles. The number of benzene rings is 4. The minimum atomic E-state index is -0.518. The summed E-state index contributed by atoms with van der Waals surface area (Å²) in [5.74, 6) is -0.570. The van der Waals surface area contributed by atoms with Gasteiger partial charge in [0.25, 0.3) is 11.8 Å². The third-order valence-corrected chi connectivity index (χ3v) is 7.97. The molecule has 1 aromatic heterocycles. The summed E-state index contributed by atoms with van der Waals surface area (Å²) in [6.45, 7) is 1.98. The third-order valence-electron chi connectivity index (χ3n) is 6.62. The van der Waals surface area contributed by atoms with Crippen LogP contribution in [-0.4, -0.2) is 23.0 Å². The van der Waals surface area contributed by atoms with E-state index < -0.39 is 11.8 Å². The molecule has 3 amide bonds. The maximum atomic E-state index is 14.0. The van der Waals surface area contributed by atoms with Crippen molar-refractivity contribution in [3.05, 3.63) is 151 Å². The fraction of sp³-hybridized carbons (Fsp3) is 0.0833. The molecule has 0 bridgehead atoms. The van der Waals surface area contributed by atoms with E-state index in [4.69, 9.17) is 4.42 Å². The Balaban J connectivity index is 1.34. The number of nitrogens with zero attached hydrogens (tertiary/aromatic N) is 1. The minimum Gasteiger partial charge on any atom is -0.465 e. The van der Waals surface area contributed by atoms with Gasteiger partial charge in [0.2, 0.25) is 5.91 Å². The van der Waals surface area contributed by atoms with Gasteiger partial charge in [-0.15, -0.1) is 11.8 Å². The molecule has 7 nitrogen and oxygen atoms in total. The van der Waals surface area contributed by atoms with E-state index >= 15 is 0 Å². The molecule has 8 heteroatoms. The van der Waals surface area contributed by atoms with Crippen molar-refractivity contribution < 1.29 is 18.8 Å². The van der Waals surface area contributed by atoms with Crippen molar-refractivity contribution in [2.75, 3.05) is 10.2 Å². The maximum absolute atomic E-state index is 14.0. The summed E-state index contributed by atoms with van der Waals surface area (Å²) in [6.07, 6.45) is 3.56. The van der Waals surface area contributed by atoms with Crippen LogP contribution >= 0.6 is 11.8 Å². The van der Waals surface area contributed by atoms with Gasteiger partial charge in [-0.25, -0.2) is 0 Å². The third kappa shape index (κ3) is 7.73. The van der Waals surface area contributed by atoms with Crippen LogP contribution in [-0.2, 0) is 9.59 Å². The smallest absolute Gasteiger partial charge is 0.272 e. The topological polar surface area (TPSA) is 91.6 Å². The molecule has 2 N–H and O–H groups in total. The standard InChI is InChI=1S/C36H31N3O4S/c1-2-33(36(42)39(28-17-8-4-9-18-28)29-19-10-5-11-20-29)44-31-22-12-16-27(24-31)37-35(41)32(25-30-21-13-23-43-30)38-34(40)26-14-6-3-7-15-26/h3-25,33H,2H2,1H3,(H,37,41)(H,38,40)/b32-25+. The first-order valence-electron chi connectivity index (χ1n) is 14.2. The average Bonchev–Trinajstić information content (AvgIpc) is 3.58. The highest BCUT2D eigenvalue weighted by atomic mass is 32.2. The molecule has 0 fully saturated rings. The lowest BCUT2D eigenvalue weighted by atomic mass is 10.2. The zero-order valence-electron chi connectivity index (χ0n) is 24.1. The molecule has 0 saturated heterocycles. The van der Waals surface area contributed by atoms with Gasteiger partial charge in [0.15, 0.2) is 0 Å². The van der Waals surface area contributed by atoms with E-state index in [1.807, 2.05) is 91.9 Å². The number of nitrogens with one attached hydrogen (secondary N) is 2.